The zero-order valence-corrected chi connectivity index (χ0v) is 20.3. The quantitative estimate of drug-likeness (QED) is 0.183. The van der Waals surface area contributed by atoms with Crippen molar-refractivity contribution in [2.45, 2.75) is 0 Å². The van der Waals surface area contributed by atoms with Crippen molar-refractivity contribution in [1.29, 1.82) is 0 Å². The largest absolute Gasteiger partial charge is 0.306 e. The van der Waals surface area contributed by atoms with E-state index in [9.17, 15) is 24.5 Å². The van der Waals surface area contributed by atoms with Crippen molar-refractivity contribution < 1.29 is 19.3 Å². The fraction of sp³-hybridized carbons (Fsp3) is 0.0741. The number of para-hydroxylation sites is 2. The van der Waals surface area contributed by atoms with Gasteiger partial charge in [-0.3, -0.25) is 29.4 Å². The molecule has 0 unspecified atom stereocenters. The van der Waals surface area contributed by atoms with Gasteiger partial charge in [-0.15, -0.1) is 0 Å². The third-order valence-corrected chi connectivity index (χ3v) is 6.82. The van der Waals surface area contributed by atoms with E-state index in [1.165, 1.54) is 23.1 Å². The van der Waals surface area contributed by atoms with E-state index in [0.29, 0.717) is 22.2 Å². The summed E-state index contributed by atoms with van der Waals surface area (Å²) in [6, 6.07) is 23.1. The maximum absolute atomic E-state index is 13.5. The Hall–Kier alpha value is -4.37. The minimum Gasteiger partial charge on any atom is -0.306 e. The lowest BCUT2D eigenvalue weighted by Crippen LogP contribution is -2.46. The number of carbonyl (C=O) groups is 3. The Morgan fingerprint density at radius 2 is 1.53 bits per heavy atom. The lowest BCUT2D eigenvalue weighted by molar-refractivity contribution is -0.385. The fourth-order valence-corrected chi connectivity index (χ4v) is 4.89. The first-order valence-electron chi connectivity index (χ1n) is 11.1. The van der Waals surface area contributed by atoms with Crippen LogP contribution >= 0.6 is 15.9 Å². The van der Waals surface area contributed by atoms with Crippen LogP contribution in [0.2, 0.25) is 0 Å². The van der Waals surface area contributed by atoms with E-state index >= 15 is 0 Å². The molecule has 1 aliphatic heterocycles. The average Bonchev–Trinajstić information content (AvgIpc) is 2.90. The number of rotatable bonds is 6. The lowest BCUT2D eigenvalue weighted by atomic mass is 9.94. The van der Waals surface area contributed by atoms with Crippen LogP contribution in [0.4, 0.5) is 11.4 Å². The molecule has 3 amide bonds. The van der Waals surface area contributed by atoms with Crippen molar-refractivity contribution in [3.8, 4) is 0 Å². The maximum atomic E-state index is 13.5. The molecular formula is C27H18BrN3O5. The van der Waals surface area contributed by atoms with Crippen molar-refractivity contribution in [2.24, 2.45) is 0 Å². The Bertz CT molecular complexity index is 1530. The van der Waals surface area contributed by atoms with Gasteiger partial charge in [-0.2, -0.15) is 0 Å². The monoisotopic (exact) mass is 543 g/mol. The van der Waals surface area contributed by atoms with Crippen LogP contribution in [-0.2, 0) is 0 Å². The Balaban J connectivity index is 1.50. The zero-order chi connectivity index (χ0) is 25.4. The highest BCUT2D eigenvalue weighted by Crippen LogP contribution is 2.34. The number of imide groups is 1. The third-order valence-electron chi connectivity index (χ3n) is 6.13. The second kappa shape index (κ2) is 9.35. The van der Waals surface area contributed by atoms with Crippen LogP contribution in [0.15, 0.2) is 89.4 Å². The predicted octanol–water partition coefficient (Wildman–Crippen LogP) is 5.45. The number of anilines is 1. The Morgan fingerprint density at radius 3 is 2.25 bits per heavy atom. The summed E-state index contributed by atoms with van der Waals surface area (Å²) < 4.78 is 0.780. The molecule has 0 N–H and O–H groups in total. The van der Waals surface area contributed by atoms with E-state index in [2.05, 4.69) is 15.9 Å². The highest BCUT2D eigenvalue weighted by molar-refractivity contribution is 9.10. The molecule has 0 saturated carbocycles. The Kier molecular flexibility index (Phi) is 6.07. The molecule has 0 fully saturated rings. The number of nitrogens with zero attached hydrogens (tertiary/aromatic N) is 3. The number of nitro groups is 1. The normalized spacial score (nSPS) is 12.6. The number of carbonyl (C=O) groups excluding carboxylic acids is 3. The number of hydrogen-bond acceptors (Lipinski definition) is 5. The van der Waals surface area contributed by atoms with Gasteiger partial charge in [-0.05, 0) is 41.8 Å². The van der Waals surface area contributed by atoms with Gasteiger partial charge < -0.3 is 4.90 Å². The summed E-state index contributed by atoms with van der Waals surface area (Å²) in [5.41, 5.74) is 0.894. The summed E-state index contributed by atoms with van der Waals surface area (Å²) in [6.07, 6.45) is 0. The number of nitro benzene ring substituents is 1. The van der Waals surface area contributed by atoms with Gasteiger partial charge in [0.05, 0.1) is 4.92 Å². The van der Waals surface area contributed by atoms with Gasteiger partial charge in [0.2, 0.25) is 0 Å². The van der Waals surface area contributed by atoms with Gasteiger partial charge in [-0.25, -0.2) is 0 Å². The Morgan fingerprint density at radius 1 is 0.861 bits per heavy atom. The summed E-state index contributed by atoms with van der Waals surface area (Å²) in [7, 11) is 0. The summed E-state index contributed by atoms with van der Waals surface area (Å²) in [5.74, 6) is -1.51. The highest BCUT2D eigenvalue weighted by Gasteiger charge is 2.34. The molecular weight excluding hydrogens is 526 g/mol. The molecule has 4 aromatic rings. The molecule has 0 atom stereocenters. The molecule has 0 aromatic heterocycles. The third kappa shape index (κ3) is 3.93. The zero-order valence-electron chi connectivity index (χ0n) is 18.8. The lowest BCUT2D eigenvalue weighted by Gasteiger charge is -2.30. The van der Waals surface area contributed by atoms with Crippen LogP contribution in [0.3, 0.4) is 0 Å². The van der Waals surface area contributed by atoms with Gasteiger partial charge in [0, 0.05) is 45.8 Å². The molecule has 0 aliphatic carbocycles. The van der Waals surface area contributed by atoms with Crippen molar-refractivity contribution in [1.82, 2.24) is 4.90 Å². The van der Waals surface area contributed by atoms with Crippen molar-refractivity contribution >= 4 is 55.8 Å². The van der Waals surface area contributed by atoms with E-state index in [-0.39, 0.29) is 24.3 Å². The first-order valence-corrected chi connectivity index (χ1v) is 11.9. The highest BCUT2D eigenvalue weighted by atomic mass is 79.9. The standard InChI is InChI=1S/C27H18BrN3O5/c28-22-14-13-21-24-18(22)10-6-11-20(24)26(33)30(27(21)34)16-15-29(17-7-2-1-3-8-17)25(32)19-9-4-5-12-23(19)31(35)36/h1-14H,15-16H2. The first-order chi connectivity index (χ1) is 17.4. The van der Waals surface area contributed by atoms with Crippen LogP contribution < -0.4 is 4.90 Å². The second-order valence-electron chi connectivity index (χ2n) is 8.15. The van der Waals surface area contributed by atoms with Crippen LogP contribution in [0.5, 0.6) is 0 Å². The van der Waals surface area contributed by atoms with Gasteiger partial charge in [0.25, 0.3) is 23.4 Å². The van der Waals surface area contributed by atoms with Crippen LogP contribution in [0.1, 0.15) is 31.1 Å². The molecule has 1 heterocycles. The van der Waals surface area contributed by atoms with Gasteiger partial charge in [0.1, 0.15) is 5.56 Å². The molecule has 8 nitrogen and oxygen atoms in total. The van der Waals surface area contributed by atoms with Crippen molar-refractivity contribution in [2.75, 3.05) is 18.0 Å². The topological polar surface area (TPSA) is 101 Å². The van der Waals surface area contributed by atoms with Gasteiger partial charge >= 0.3 is 0 Å². The molecule has 178 valence electrons. The van der Waals surface area contributed by atoms with Gasteiger partial charge in [-0.1, -0.05) is 58.4 Å². The number of hydrogen-bond donors (Lipinski definition) is 0. The summed E-state index contributed by atoms with van der Waals surface area (Å²) >= 11 is 3.47. The molecule has 0 spiro atoms. The number of halogens is 1. The molecule has 0 radical (unpaired) electrons. The second-order valence-corrected chi connectivity index (χ2v) is 9.01. The molecule has 0 bridgehead atoms. The molecule has 0 saturated heterocycles. The summed E-state index contributed by atoms with van der Waals surface area (Å²) in [5, 5.41) is 12.9. The molecule has 4 aromatic carbocycles. The SMILES string of the molecule is O=C1c2cccc3c(Br)ccc(c23)C(=O)N1CCN(C(=O)c1ccccc1[N+](=O)[O-])c1ccccc1. The first kappa shape index (κ1) is 23.4. The predicted molar refractivity (Wildman–Crippen MR) is 138 cm³/mol. The Labute approximate surface area is 214 Å². The fourth-order valence-electron chi connectivity index (χ4n) is 4.43. The molecule has 1 aliphatic rings. The minimum absolute atomic E-state index is 0.0474. The molecule has 5 rings (SSSR count). The van der Waals surface area contributed by atoms with Crippen LogP contribution in [-0.4, -0.2) is 40.6 Å². The van der Waals surface area contributed by atoms with Crippen molar-refractivity contribution in [3.05, 3.63) is 116 Å². The average molecular weight is 544 g/mol. The number of benzene rings is 4. The maximum Gasteiger partial charge on any atom is 0.282 e. The van der Waals surface area contributed by atoms with E-state index in [1.54, 1.807) is 60.7 Å². The van der Waals surface area contributed by atoms with E-state index in [4.69, 9.17) is 0 Å². The molecule has 9 heteroatoms. The number of amides is 3. The summed E-state index contributed by atoms with van der Waals surface area (Å²) in [6.45, 7) is -0.140. The van der Waals surface area contributed by atoms with E-state index in [1.807, 2.05) is 6.07 Å². The van der Waals surface area contributed by atoms with Gasteiger partial charge in [0.15, 0.2) is 0 Å². The smallest absolute Gasteiger partial charge is 0.282 e. The van der Waals surface area contributed by atoms with Crippen LogP contribution in [0.25, 0.3) is 10.8 Å². The van der Waals surface area contributed by atoms with Crippen LogP contribution in [0, 0.1) is 10.1 Å². The van der Waals surface area contributed by atoms with E-state index < -0.39 is 22.6 Å². The van der Waals surface area contributed by atoms with E-state index in [0.717, 1.165) is 14.8 Å². The van der Waals surface area contributed by atoms with Crippen molar-refractivity contribution in [3.63, 3.8) is 0 Å². The minimum atomic E-state index is -0.607. The summed E-state index contributed by atoms with van der Waals surface area (Å²) in [4.78, 5) is 53.6. The molecule has 36 heavy (non-hydrogen) atoms.